The standard InChI is InChI=1S/C8H14O2/c1-9-7-5-3-4-6-8-10-2/h5-8H2,1-2H3. The molecule has 0 rings (SSSR count). The van der Waals surface area contributed by atoms with E-state index in [1.165, 1.54) is 0 Å². The minimum Gasteiger partial charge on any atom is -0.384 e. The molecule has 10 heavy (non-hydrogen) atoms. The zero-order valence-electron chi connectivity index (χ0n) is 6.64. The minimum absolute atomic E-state index is 0.722. The molecule has 0 fully saturated rings. The number of ether oxygens (including phenoxy) is 2. The third kappa shape index (κ3) is 7.48. The Morgan fingerprint density at radius 1 is 0.900 bits per heavy atom. The fourth-order valence-corrected chi connectivity index (χ4v) is 0.483. The van der Waals surface area contributed by atoms with Crippen LogP contribution in [-0.2, 0) is 9.47 Å². The van der Waals surface area contributed by atoms with Crippen molar-refractivity contribution in [3.05, 3.63) is 0 Å². The molecule has 0 saturated heterocycles. The molecule has 0 heterocycles. The number of hydrogen-bond acceptors (Lipinski definition) is 2. The van der Waals surface area contributed by atoms with Gasteiger partial charge >= 0.3 is 0 Å². The van der Waals surface area contributed by atoms with Crippen LogP contribution in [0.15, 0.2) is 0 Å². The molecule has 0 spiro atoms. The summed E-state index contributed by atoms with van der Waals surface area (Å²) in [5, 5.41) is 0. The van der Waals surface area contributed by atoms with E-state index in [2.05, 4.69) is 11.8 Å². The van der Waals surface area contributed by atoms with Gasteiger partial charge in [0.1, 0.15) is 0 Å². The lowest BCUT2D eigenvalue weighted by atomic mass is 10.4. The van der Waals surface area contributed by atoms with E-state index in [1.807, 2.05) is 0 Å². The van der Waals surface area contributed by atoms with E-state index in [0.717, 1.165) is 26.1 Å². The maximum atomic E-state index is 4.81. The molecule has 2 nitrogen and oxygen atoms in total. The van der Waals surface area contributed by atoms with Crippen molar-refractivity contribution in [2.75, 3.05) is 27.4 Å². The van der Waals surface area contributed by atoms with Crippen LogP contribution in [0.5, 0.6) is 0 Å². The molecule has 0 unspecified atom stereocenters. The van der Waals surface area contributed by atoms with Crippen LogP contribution in [-0.4, -0.2) is 27.4 Å². The summed E-state index contributed by atoms with van der Waals surface area (Å²) in [7, 11) is 3.35. The lowest BCUT2D eigenvalue weighted by Gasteiger charge is -1.88. The summed E-state index contributed by atoms with van der Waals surface area (Å²) < 4.78 is 9.63. The second kappa shape index (κ2) is 8.48. The summed E-state index contributed by atoms with van der Waals surface area (Å²) in [6.07, 6.45) is 1.64. The highest BCUT2D eigenvalue weighted by atomic mass is 16.5. The lowest BCUT2D eigenvalue weighted by molar-refractivity contribution is 0.204. The van der Waals surface area contributed by atoms with Crippen molar-refractivity contribution in [3.8, 4) is 11.8 Å². The highest BCUT2D eigenvalue weighted by Crippen LogP contribution is 1.79. The van der Waals surface area contributed by atoms with Crippen LogP contribution in [0.3, 0.4) is 0 Å². The molecule has 0 N–H and O–H groups in total. The molecule has 0 aromatic heterocycles. The molecule has 58 valence electrons. The molecule has 0 radical (unpaired) electrons. The first-order chi connectivity index (χ1) is 4.91. The van der Waals surface area contributed by atoms with E-state index in [-0.39, 0.29) is 0 Å². The van der Waals surface area contributed by atoms with E-state index >= 15 is 0 Å². The van der Waals surface area contributed by atoms with Crippen molar-refractivity contribution in [1.82, 2.24) is 0 Å². The molecular weight excluding hydrogens is 128 g/mol. The number of rotatable bonds is 4. The van der Waals surface area contributed by atoms with E-state index in [0.29, 0.717) is 0 Å². The molecule has 0 aliphatic carbocycles. The van der Waals surface area contributed by atoms with Crippen LogP contribution in [0.25, 0.3) is 0 Å². The average molecular weight is 142 g/mol. The zero-order valence-corrected chi connectivity index (χ0v) is 6.64. The first-order valence-corrected chi connectivity index (χ1v) is 3.35. The van der Waals surface area contributed by atoms with Gasteiger partial charge in [0.05, 0.1) is 13.2 Å². The van der Waals surface area contributed by atoms with Crippen LogP contribution < -0.4 is 0 Å². The van der Waals surface area contributed by atoms with Crippen molar-refractivity contribution >= 4 is 0 Å². The molecule has 2 heteroatoms. The van der Waals surface area contributed by atoms with Crippen molar-refractivity contribution < 1.29 is 9.47 Å². The monoisotopic (exact) mass is 142 g/mol. The van der Waals surface area contributed by atoms with Crippen molar-refractivity contribution in [1.29, 1.82) is 0 Å². The molecule has 0 amide bonds. The molecular formula is C8H14O2. The fraction of sp³-hybridized carbons (Fsp3) is 0.750. The summed E-state index contributed by atoms with van der Waals surface area (Å²) in [6.45, 7) is 1.44. The van der Waals surface area contributed by atoms with E-state index < -0.39 is 0 Å². The Morgan fingerprint density at radius 2 is 1.30 bits per heavy atom. The summed E-state index contributed by atoms with van der Waals surface area (Å²) in [5.41, 5.74) is 0. The van der Waals surface area contributed by atoms with Gasteiger partial charge in [-0.1, -0.05) is 0 Å². The van der Waals surface area contributed by atoms with E-state index in [4.69, 9.17) is 9.47 Å². The van der Waals surface area contributed by atoms with E-state index in [1.54, 1.807) is 14.2 Å². The minimum atomic E-state index is 0.722. The Balaban J connectivity index is 2.98. The van der Waals surface area contributed by atoms with Crippen LogP contribution >= 0.6 is 0 Å². The van der Waals surface area contributed by atoms with Gasteiger partial charge in [-0.05, 0) is 0 Å². The first-order valence-electron chi connectivity index (χ1n) is 3.35. The van der Waals surface area contributed by atoms with Crippen LogP contribution in [0.4, 0.5) is 0 Å². The van der Waals surface area contributed by atoms with Gasteiger partial charge in [-0.25, -0.2) is 0 Å². The lowest BCUT2D eigenvalue weighted by Crippen LogP contribution is -1.86. The molecule has 0 aromatic rings. The quantitative estimate of drug-likeness (QED) is 0.431. The molecule has 0 aromatic carbocycles. The summed E-state index contributed by atoms with van der Waals surface area (Å²) in [5.74, 6) is 5.93. The van der Waals surface area contributed by atoms with Gasteiger partial charge in [0, 0.05) is 27.1 Å². The van der Waals surface area contributed by atoms with Gasteiger partial charge in [0.2, 0.25) is 0 Å². The Bertz CT molecular complexity index is 98.2. The van der Waals surface area contributed by atoms with Gasteiger partial charge in [-0.3, -0.25) is 0 Å². The molecule has 0 bridgehead atoms. The van der Waals surface area contributed by atoms with Crippen molar-refractivity contribution in [2.24, 2.45) is 0 Å². The second-order valence-electron chi connectivity index (χ2n) is 1.84. The predicted molar refractivity (Wildman–Crippen MR) is 40.8 cm³/mol. The Morgan fingerprint density at radius 3 is 1.60 bits per heavy atom. The highest BCUT2D eigenvalue weighted by Gasteiger charge is 1.76. The van der Waals surface area contributed by atoms with Gasteiger partial charge in [-0.15, -0.1) is 11.8 Å². The van der Waals surface area contributed by atoms with Gasteiger partial charge in [-0.2, -0.15) is 0 Å². The normalized spacial score (nSPS) is 8.60. The number of methoxy groups -OCH3 is 2. The van der Waals surface area contributed by atoms with Crippen molar-refractivity contribution in [3.63, 3.8) is 0 Å². The Kier molecular flexibility index (Phi) is 8.04. The SMILES string of the molecule is COCCC#CCCOC. The molecule has 0 aliphatic heterocycles. The van der Waals surface area contributed by atoms with Crippen LogP contribution in [0.2, 0.25) is 0 Å². The topological polar surface area (TPSA) is 18.5 Å². The smallest absolute Gasteiger partial charge is 0.0571 e. The highest BCUT2D eigenvalue weighted by molar-refractivity contribution is 4.98. The third-order valence-corrected chi connectivity index (χ3v) is 0.987. The van der Waals surface area contributed by atoms with Gasteiger partial charge in [0.25, 0.3) is 0 Å². The molecule has 0 atom stereocenters. The van der Waals surface area contributed by atoms with Gasteiger partial charge < -0.3 is 9.47 Å². The number of hydrogen-bond donors (Lipinski definition) is 0. The summed E-state index contributed by atoms with van der Waals surface area (Å²) >= 11 is 0. The maximum Gasteiger partial charge on any atom is 0.0571 e. The summed E-state index contributed by atoms with van der Waals surface area (Å²) in [4.78, 5) is 0. The van der Waals surface area contributed by atoms with Crippen molar-refractivity contribution in [2.45, 2.75) is 12.8 Å². The van der Waals surface area contributed by atoms with Gasteiger partial charge in [0.15, 0.2) is 0 Å². The first kappa shape index (κ1) is 9.48. The second-order valence-corrected chi connectivity index (χ2v) is 1.84. The third-order valence-electron chi connectivity index (χ3n) is 0.987. The Labute approximate surface area is 62.5 Å². The summed E-state index contributed by atoms with van der Waals surface area (Å²) in [6, 6.07) is 0. The molecule has 0 aliphatic rings. The van der Waals surface area contributed by atoms with Crippen LogP contribution in [0, 0.1) is 11.8 Å². The predicted octanol–water partition coefficient (Wildman–Crippen LogP) is 1.06. The fourth-order valence-electron chi connectivity index (χ4n) is 0.483. The maximum absolute atomic E-state index is 4.81. The zero-order chi connectivity index (χ0) is 7.66. The largest absolute Gasteiger partial charge is 0.384 e. The average Bonchev–Trinajstić information content (AvgIpc) is 1.97. The van der Waals surface area contributed by atoms with E-state index in [9.17, 15) is 0 Å². The molecule has 0 saturated carbocycles. The van der Waals surface area contributed by atoms with Crippen LogP contribution in [0.1, 0.15) is 12.8 Å². The Hall–Kier alpha value is -0.520.